The molecule has 0 saturated carbocycles. The van der Waals surface area contributed by atoms with E-state index in [1.165, 1.54) is 12.5 Å². The SMILES string of the molecule is CS(=O)(=O)C1CCN(c2c(F)cnc3[nH]c4cnc(-c5cccnc5)cc4c23)CC1. The van der Waals surface area contributed by atoms with Crippen molar-refractivity contribution in [1.29, 1.82) is 0 Å². The summed E-state index contributed by atoms with van der Waals surface area (Å²) >= 11 is 0. The first kappa shape index (κ1) is 18.9. The van der Waals surface area contributed by atoms with E-state index in [4.69, 9.17) is 0 Å². The van der Waals surface area contributed by atoms with Crippen LogP contribution >= 0.6 is 0 Å². The molecule has 1 aliphatic rings. The number of aromatic amines is 1. The lowest BCUT2D eigenvalue weighted by molar-refractivity contribution is 0.527. The molecule has 0 bridgehead atoms. The first-order chi connectivity index (χ1) is 14.4. The lowest BCUT2D eigenvalue weighted by Gasteiger charge is -2.33. The van der Waals surface area contributed by atoms with Crippen molar-refractivity contribution >= 4 is 37.5 Å². The molecule has 1 aliphatic heterocycles. The second kappa shape index (κ2) is 7.02. The molecular weight excluding hydrogens is 405 g/mol. The smallest absolute Gasteiger partial charge is 0.165 e. The van der Waals surface area contributed by atoms with E-state index in [9.17, 15) is 8.42 Å². The molecule has 154 valence electrons. The Morgan fingerprint density at radius 2 is 1.97 bits per heavy atom. The Labute approximate surface area is 172 Å². The van der Waals surface area contributed by atoms with Crippen LogP contribution in [-0.2, 0) is 9.84 Å². The van der Waals surface area contributed by atoms with Gasteiger partial charge in [0.15, 0.2) is 5.82 Å². The second-order valence-corrected chi connectivity index (χ2v) is 10.0. The lowest BCUT2D eigenvalue weighted by atomic mass is 10.1. The molecule has 0 atom stereocenters. The third-order valence-electron chi connectivity index (χ3n) is 5.75. The molecule has 0 aromatic carbocycles. The van der Waals surface area contributed by atoms with Gasteiger partial charge in [-0.25, -0.2) is 17.8 Å². The van der Waals surface area contributed by atoms with E-state index in [1.54, 1.807) is 18.6 Å². The lowest BCUT2D eigenvalue weighted by Crippen LogP contribution is -2.39. The van der Waals surface area contributed by atoms with Crippen molar-refractivity contribution in [1.82, 2.24) is 19.9 Å². The molecule has 5 heterocycles. The molecule has 30 heavy (non-hydrogen) atoms. The highest BCUT2D eigenvalue weighted by Gasteiger charge is 2.29. The van der Waals surface area contributed by atoms with E-state index in [0.717, 1.165) is 22.2 Å². The highest BCUT2D eigenvalue weighted by atomic mass is 32.2. The number of halogens is 1. The van der Waals surface area contributed by atoms with Gasteiger partial charge in [-0.1, -0.05) is 0 Å². The Morgan fingerprint density at radius 1 is 1.17 bits per heavy atom. The van der Waals surface area contributed by atoms with E-state index in [2.05, 4.69) is 19.9 Å². The van der Waals surface area contributed by atoms with E-state index in [-0.39, 0.29) is 5.25 Å². The van der Waals surface area contributed by atoms with Crippen molar-refractivity contribution in [2.24, 2.45) is 0 Å². The topological polar surface area (TPSA) is 91.8 Å². The van der Waals surface area contributed by atoms with Crippen molar-refractivity contribution in [3.8, 4) is 11.3 Å². The number of anilines is 1. The Kier molecular flexibility index (Phi) is 4.43. The van der Waals surface area contributed by atoms with Gasteiger partial charge in [0.05, 0.1) is 39.9 Å². The molecular formula is C21H20FN5O2S. The maximum Gasteiger partial charge on any atom is 0.165 e. The maximum atomic E-state index is 15.0. The van der Waals surface area contributed by atoms with E-state index in [0.29, 0.717) is 42.7 Å². The number of hydrogen-bond acceptors (Lipinski definition) is 6. The maximum absolute atomic E-state index is 15.0. The van der Waals surface area contributed by atoms with Crippen LogP contribution in [0.2, 0.25) is 0 Å². The minimum atomic E-state index is -3.10. The van der Waals surface area contributed by atoms with Crippen molar-refractivity contribution in [2.45, 2.75) is 18.1 Å². The van der Waals surface area contributed by atoms with Crippen LogP contribution in [0.4, 0.5) is 10.1 Å². The Bertz CT molecular complexity index is 1350. The molecule has 1 fully saturated rings. The van der Waals surface area contributed by atoms with Gasteiger partial charge >= 0.3 is 0 Å². The van der Waals surface area contributed by atoms with Crippen molar-refractivity contribution in [3.05, 3.63) is 48.8 Å². The normalized spacial score (nSPS) is 15.9. The minimum Gasteiger partial charge on any atom is -0.368 e. The number of piperidine rings is 1. The number of fused-ring (bicyclic) bond motifs is 3. The summed E-state index contributed by atoms with van der Waals surface area (Å²) in [6.45, 7) is 0.946. The number of nitrogens with one attached hydrogen (secondary N) is 1. The highest BCUT2D eigenvalue weighted by molar-refractivity contribution is 7.91. The molecule has 5 rings (SSSR count). The zero-order valence-electron chi connectivity index (χ0n) is 16.3. The average molecular weight is 425 g/mol. The minimum absolute atomic E-state index is 0.376. The Morgan fingerprint density at radius 3 is 2.67 bits per heavy atom. The largest absolute Gasteiger partial charge is 0.368 e. The summed E-state index contributed by atoms with van der Waals surface area (Å²) < 4.78 is 38.8. The first-order valence-corrected chi connectivity index (χ1v) is 11.7. The number of aromatic nitrogens is 4. The average Bonchev–Trinajstić information content (AvgIpc) is 3.12. The van der Waals surface area contributed by atoms with Crippen LogP contribution in [0.15, 0.2) is 43.0 Å². The third-order valence-corrected chi connectivity index (χ3v) is 7.44. The van der Waals surface area contributed by atoms with Crippen LogP contribution in [-0.4, -0.2) is 52.9 Å². The van der Waals surface area contributed by atoms with Gasteiger partial charge in [-0.15, -0.1) is 0 Å². The molecule has 0 aliphatic carbocycles. The fourth-order valence-electron chi connectivity index (χ4n) is 4.21. The number of sulfone groups is 1. The van der Waals surface area contributed by atoms with E-state index >= 15 is 4.39 Å². The quantitative estimate of drug-likeness (QED) is 0.541. The summed E-state index contributed by atoms with van der Waals surface area (Å²) in [4.78, 5) is 18.0. The molecule has 0 radical (unpaired) electrons. The molecule has 1 N–H and O–H groups in total. The van der Waals surface area contributed by atoms with Gasteiger partial charge in [0.2, 0.25) is 0 Å². The van der Waals surface area contributed by atoms with Gasteiger partial charge < -0.3 is 9.88 Å². The van der Waals surface area contributed by atoms with Crippen molar-refractivity contribution in [2.75, 3.05) is 24.2 Å². The predicted molar refractivity (Wildman–Crippen MR) is 115 cm³/mol. The summed E-state index contributed by atoms with van der Waals surface area (Å²) in [6.07, 6.45) is 8.59. The second-order valence-electron chi connectivity index (χ2n) is 7.68. The molecule has 0 unspecified atom stereocenters. The molecule has 7 nitrogen and oxygen atoms in total. The van der Waals surface area contributed by atoms with Gasteiger partial charge in [-0.2, -0.15) is 0 Å². The van der Waals surface area contributed by atoms with Gasteiger partial charge in [0, 0.05) is 42.7 Å². The number of H-pyrrole nitrogens is 1. The molecule has 4 aromatic heterocycles. The predicted octanol–water partition coefficient (Wildman–Crippen LogP) is 3.33. The fraction of sp³-hybridized carbons (Fsp3) is 0.286. The van der Waals surface area contributed by atoms with E-state index < -0.39 is 15.7 Å². The van der Waals surface area contributed by atoms with Gasteiger partial charge in [-0.3, -0.25) is 9.97 Å². The zero-order valence-corrected chi connectivity index (χ0v) is 17.2. The summed E-state index contributed by atoms with van der Waals surface area (Å²) in [6, 6.07) is 5.68. The van der Waals surface area contributed by atoms with Crippen LogP contribution < -0.4 is 4.90 Å². The zero-order chi connectivity index (χ0) is 20.9. The number of hydrogen-bond donors (Lipinski definition) is 1. The Balaban J connectivity index is 1.64. The van der Waals surface area contributed by atoms with E-state index in [1.807, 2.05) is 23.1 Å². The van der Waals surface area contributed by atoms with Crippen LogP contribution in [0, 0.1) is 5.82 Å². The molecule has 1 saturated heterocycles. The third kappa shape index (κ3) is 3.19. The van der Waals surface area contributed by atoms with Gasteiger partial charge in [-0.05, 0) is 31.0 Å². The highest BCUT2D eigenvalue weighted by Crippen LogP contribution is 2.37. The summed E-state index contributed by atoms with van der Waals surface area (Å²) in [5.41, 5.74) is 3.41. The molecule has 9 heteroatoms. The monoisotopic (exact) mass is 425 g/mol. The van der Waals surface area contributed by atoms with Crippen molar-refractivity contribution in [3.63, 3.8) is 0 Å². The van der Waals surface area contributed by atoms with Crippen LogP contribution in [0.1, 0.15) is 12.8 Å². The van der Waals surface area contributed by atoms with Crippen LogP contribution in [0.5, 0.6) is 0 Å². The fourth-order valence-corrected chi connectivity index (χ4v) is 5.27. The van der Waals surface area contributed by atoms with Crippen LogP contribution in [0.25, 0.3) is 33.2 Å². The number of nitrogens with zero attached hydrogens (tertiary/aromatic N) is 4. The summed E-state index contributed by atoms with van der Waals surface area (Å²) in [7, 11) is -3.10. The van der Waals surface area contributed by atoms with Gasteiger partial charge in [0.25, 0.3) is 0 Å². The first-order valence-electron chi connectivity index (χ1n) is 9.72. The molecule has 4 aromatic rings. The standard InChI is InChI=1S/C21H20FN5O2S/c1-30(28,29)14-4-7-27(8-5-14)20-16(22)11-25-21-19(20)15-9-17(24-12-18(15)26-21)13-3-2-6-23-10-13/h2-3,6,9-12,14H,4-5,7-8H2,1H3,(H,25,26). The Hall–Kier alpha value is -3.07. The summed E-state index contributed by atoms with van der Waals surface area (Å²) in [5.74, 6) is -0.416. The number of rotatable bonds is 3. The molecule has 0 amide bonds. The summed E-state index contributed by atoms with van der Waals surface area (Å²) in [5, 5.41) is 1.14. The van der Waals surface area contributed by atoms with Gasteiger partial charge in [0.1, 0.15) is 15.5 Å². The number of pyridine rings is 3. The van der Waals surface area contributed by atoms with Crippen LogP contribution in [0.3, 0.4) is 0 Å². The van der Waals surface area contributed by atoms with Crippen molar-refractivity contribution < 1.29 is 12.8 Å². The molecule has 0 spiro atoms.